The van der Waals surface area contributed by atoms with E-state index in [-0.39, 0.29) is 17.6 Å². The molecule has 0 aromatic heterocycles. The Morgan fingerprint density at radius 2 is 2.03 bits per heavy atom. The summed E-state index contributed by atoms with van der Waals surface area (Å²) in [6.45, 7) is 14.3. The van der Waals surface area contributed by atoms with Crippen molar-refractivity contribution in [2.24, 2.45) is 40.4 Å². The number of hydrogen-bond acceptors (Lipinski definition) is 3. The van der Waals surface area contributed by atoms with E-state index in [4.69, 9.17) is 9.47 Å². The van der Waals surface area contributed by atoms with Crippen molar-refractivity contribution in [1.29, 1.82) is 0 Å². The molecule has 0 bridgehead atoms. The molecule has 1 N–H and O–H groups in total. The monoisotopic (exact) mass is 456 g/mol. The van der Waals surface area contributed by atoms with Gasteiger partial charge in [0.1, 0.15) is 6.79 Å². The summed E-state index contributed by atoms with van der Waals surface area (Å²) in [6.07, 6.45) is 18.4. The zero-order chi connectivity index (χ0) is 23.9. The average molecular weight is 457 g/mol. The molecule has 4 fully saturated rings. The first kappa shape index (κ1) is 25.2. The van der Waals surface area contributed by atoms with Crippen molar-refractivity contribution in [3.05, 3.63) is 36.0 Å². The molecule has 7 atom stereocenters. The fourth-order valence-electron chi connectivity index (χ4n) is 8.18. The summed E-state index contributed by atoms with van der Waals surface area (Å²) in [5.41, 5.74) is 3.50. The summed E-state index contributed by atoms with van der Waals surface area (Å²) in [7, 11) is 1.67. The minimum absolute atomic E-state index is 0.196. The lowest BCUT2D eigenvalue weighted by Gasteiger charge is -2.44. The number of allylic oxidation sites excluding steroid dienone is 3. The van der Waals surface area contributed by atoms with E-state index in [1.165, 1.54) is 56.9 Å². The first-order valence-electron chi connectivity index (χ1n) is 13.5. The Morgan fingerprint density at radius 3 is 2.67 bits per heavy atom. The van der Waals surface area contributed by atoms with Crippen LogP contribution in [0.25, 0.3) is 0 Å². The predicted octanol–water partition coefficient (Wildman–Crippen LogP) is 7.08. The van der Waals surface area contributed by atoms with E-state index in [0.717, 1.165) is 18.3 Å². The fraction of sp³-hybridized carbons (Fsp3) is 0.800. The Balaban J connectivity index is 1.45. The molecule has 3 nitrogen and oxygen atoms in total. The van der Waals surface area contributed by atoms with Crippen molar-refractivity contribution in [1.82, 2.24) is 0 Å². The fourth-order valence-corrected chi connectivity index (χ4v) is 8.18. The van der Waals surface area contributed by atoms with Crippen molar-refractivity contribution in [3.8, 4) is 0 Å². The zero-order valence-corrected chi connectivity index (χ0v) is 21.9. The normalized spacial score (nSPS) is 39.2. The molecular formula is C30H48O3. The van der Waals surface area contributed by atoms with E-state index >= 15 is 0 Å². The highest BCUT2D eigenvalue weighted by Crippen LogP contribution is 2.70. The Bertz CT molecular complexity index is 779. The highest BCUT2D eigenvalue weighted by atomic mass is 16.7. The van der Waals surface area contributed by atoms with Gasteiger partial charge in [-0.15, -0.1) is 0 Å². The van der Waals surface area contributed by atoms with Gasteiger partial charge in [0, 0.05) is 18.4 Å². The van der Waals surface area contributed by atoms with Gasteiger partial charge in [-0.05, 0) is 101 Å². The van der Waals surface area contributed by atoms with Gasteiger partial charge in [0.15, 0.2) is 0 Å². The summed E-state index contributed by atoms with van der Waals surface area (Å²) in [5, 5.41) is 10.4. The summed E-state index contributed by atoms with van der Waals surface area (Å²) >= 11 is 0. The highest BCUT2D eigenvalue weighted by Gasteiger charge is 2.62. The lowest BCUT2D eigenvalue weighted by atomic mass is 9.60. The van der Waals surface area contributed by atoms with E-state index in [1.54, 1.807) is 12.7 Å². The third-order valence-electron chi connectivity index (χ3n) is 10.2. The minimum Gasteiger partial charge on any atom is -0.396 e. The molecule has 0 heterocycles. The van der Waals surface area contributed by atoms with Crippen LogP contribution in [0.3, 0.4) is 0 Å². The average Bonchev–Trinajstić information content (AvgIpc) is 3.27. The SMILES string of the molecule is C=C1CC[C@@H]2C[C@]12[C@@H](/C=C1\CCC[C@]2(C)[C@@H]([C@H](C)/C=C/CC(C)(C)OCOC)CC[C@@H]12)CO. The van der Waals surface area contributed by atoms with Gasteiger partial charge in [-0.1, -0.05) is 49.8 Å². The molecule has 0 amide bonds. The largest absolute Gasteiger partial charge is 0.396 e. The van der Waals surface area contributed by atoms with Crippen LogP contribution < -0.4 is 0 Å². The second-order valence-corrected chi connectivity index (χ2v) is 12.5. The maximum Gasteiger partial charge on any atom is 0.147 e. The Hall–Kier alpha value is -0.900. The molecule has 0 aromatic rings. The van der Waals surface area contributed by atoms with E-state index < -0.39 is 0 Å². The molecule has 0 aliphatic heterocycles. The lowest BCUT2D eigenvalue weighted by Crippen LogP contribution is -2.36. The van der Waals surface area contributed by atoms with Crippen LogP contribution in [0.2, 0.25) is 0 Å². The Labute approximate surface area is 202 Å². The standard InChI is InChI=1S/C30H48O3/c1-21(9-7-15-28(3,4)33-20-32-6)26-13-14-27-23(10-8-16-29(26,27)5)17-25(19-31)30-18-24(30)12-11-22(30)2/h7,9,17,21,24-27,31H,2,8,10-16,18-20H2,1,3-6H3/b9-7+,23-17+/t21-,24-,25+,26-,27+,29-,30+/m1/s1. The van der Waals surface area contributed by atoms with Crippen molar-refractivity contribution < 1.29 is 14.6 Å². The van der Waals surface area contributed by atoms with Gasteiger partial charge in [-0.3, -0.25) is 0 Å². The maximum atomic E-state index is 10.4. The van der Waals surface area contributed by atoms with Crippen LogP contribution in [0.4, 0.5) is 0 Å². The Morgan fingerprint density at radius 1 is 1.24 bits per heavy atom. The number of aliphatic hydroxyl groups is 1. The van der Waals surface area contributed by atoms with Gasteiger partial charge in [0.2, 0.25) is 0 Å². The smallest absolute Gasteiger partial charge is 0.147 e. The van der Waals surface area contributed by atoms with Gasteiger partial charge < -0.3 is 14.6 Å². The van der Waals surface area contributed by atoms with E-state index in [9.17, 15) is 5.11 Å². The summed E-state index contributed by atoms with van der Waals surface area (Å²) in [4.78, 5) is 0. The molecule has 4 aliphatic rings. The zero-order valence-electron chi connectivity index (χ0n) is 21.9. The molecule has 0 unspecified atom stereocenters. The van der Waals surface area contributed by atoms with Crippen molar-refractivity contribution in [3.63, 3.8) is 0 Å². The van der Waals surface area contributed by atoms with E-state index in [0.29, 0.717) is 30.0 Å². The molecule has 0 spiro atoms. The van der Waals surface area contributed by atoms with Crippen LogP contribution in [0, 0.1) is 40.4 Å². The van der Waals surface area contributed by atoms with Gasteiger partial charge >= 0.3 is 0 Å². The van der Waals surface area contributed by atoms with Gasteiger partial charge in [0.25, 0.3) is 0 Å². The van der Waals surface area contributed by atoms with Gasteiger partial charge in [-0.2, -0.15) is 0 Å². The molecule has 0 saturated heterocycles. The van der Waals surface area contributed by atoms with Crippen molar-refractivity contribution in [2.45, 2.75) is 91.1 Å². The minimum atomic E-state index is -0.196. The van der Waals surface area contributed by atoms with Crippen LogP contribution in [-0.2, 0) is 9.47 Å². The molecule has 0 radical (unpaired) electrons. The summed E-state index contributed by atoms with van der Waals surface area (Å²) in [6, 6.07) is 0. The quantitative estimate of drug-likeness (QED) is 0.282. The molecule has 4 saturated carbocycles. The van der Waals surface area contributed by atoms with Gasteiger partial charge in [-0.25, -0.2) is 0 Å². The van der Waals surface area contributed by atoms with Crippen molar-refractivity contribution in [2.75, 3.05) is 20.5 Å². The summed E-state index contributed by atoms with van der Waals surface area (Å²) < 4.78 is 10.9. The maximum absolute atomic E-state index is 10.4. The molecule has 4 rings (SSSR count). The molecule has 4 aliphatic carbocycles. The molecular weight excluding hydrogens is 408 g/mol. The van der Waals surface area contributed by atoms with Crippen molar-refractivity contribution >= 4 is 0 Å². The number of fused-ring (bicyclic) bond motifs is 2. The second-order valence-electron chi connectivity index (χ2n) is 12.5. The number of aliphatic hydroxyl groups excluding tert-OH is 1. The Kier molecular flexibility index (Phi) is 7.35. The second kappa shape index (κ2) is 9.63. The third-order valence-corrected chi connectivity index (χ3v) is 10.2. The number of hydrogen-bond donors (Lipinski definition) is 1. The molecule has 0 aromatic carbocycles. The first-order chi connectivity index (χ1) is 15.7. The number of ether oxygens (including phenoxy) is 2. The molecule has 186 valence electrons. The van der Waals surface area contributed by atoms with Crippen LogP contribution in [0.5, 0.6) is 0 Å². The number of rotatable bonds is 10. The van der Waals surface area contributed by atoms with Crippen LogP contribution in [0.15, 0.2) is 36.0 Å². The molecule has 3 heteroatoms. The van der Waals surface area contributed by atoms with Crippen LogP contribution in [-0.4, -0.2) is 31.2 Å². The third kappa shape index (κ3) is 4.67. The van der Waals surface area contributed by atoms with Gasteiger partial charge in [0.05, 0.1) is 12.2 Å². The highest BCUT2D eigenvalue weighted by molar-refractivity contribution is 5.34. The lowest BCUT2D eigenvalue weighted by molar-refractivity contribution is -0.112. The van der Waals surface area contributed by atoms with Crippen LogP contribution in [0.1, 0.15) is 85.5 Å². The van der Waals surface area contributed by atoms with E-state index in [1.807, 2.05) is 0 Å². The predicted molar refractivity (Wildman–Crippen MR) is 136 cm³/mol. The van der Waals surface area contributed by atoms with E-state index in [2.05, 4.69) is 52.5 Å². The molecule has 33 heavy (non-hydrogen) atoms. The van der Waals surface area contributed by atoms with Crippen LogP contribution >= 0.6 is 0 Å². The topological polar surface area (TPSA) is 38.7 Å². The number of methoxy groups -OCH3 is 1. The first-order valence-corrected chi connectivity index (χ1v) is 13.5. The summed E-state index contributed by atoms with van der Waals surface area (Å²) in [5.74, 6) is 3.07.